The van der Waals surface area contributed by atoms with Crippen molar-refractivity contribution in [1.29, 1.82) is 0 Å². The summed E-state index contributed by atoms with van der Waals surface area (Å²) in [7, 11) is 1.92. The Kier molecular flexibility index (Phi) is 5.29. The molecule has 2 aromatic rings. The Morgan fingerprint density at radius 2 is 2.29 bits per heavy atom. The fourth-order valence-corrected chi connectivity index (χ4v) is 2.49. The molecule has 0 saturated heterocycles. The van der Waals surface area contributed by atoms with Gasteiger partial charge in [-0.1, -0.05) is 28.8 Å². The fourth-order valence-electron chi connectivity index (χ4n) is 2.08. The lowest BCUT2D eigenvalue weighted by atomic mass is 10.2. The number of halogens is 1. The number of hydrogen-bond acceptors (Lipinski definition) is 3. The number of aryl methyl sites for hydroxylation is 2. The number of ether oxygens (including phenoxy) is 1. The molecule has 1 N–H and O–H groups in total. The van der Waals surface area contributed by atoms with Crippen LogP contribution in [-0.4, -0.2) is 16.4 Å². The summed E-state index contributed by atoms with van der Waals surface area (Å²) in [6.45, 7) is 3.01. The third-order valence-corrected chi connectivity index (χ3v) is 3.54. The first-order chi connectivity index (χ1) is 10.1. The molecule has 0 bridgehead atoms. The lowest BCUT2D eigenvalue weighted by Crippen LogP contribution is -2.04. The molecule has 0 amide bonds. The molecular formula is C16H18BrN3O. The number of terminal acetylenes is 1. The highest BCUT2D eigenvalue weighted by Gasteiger charge is 2.08. The minimum Gasteiger partial charge on any atom is -0.481 e. The van der Waals surface area contributed by atoms with Gasteiger partial charge in [0.25, 0.3) is 0 Å². The SMILES string of the molecule is C#CCOc1ccc(Br)cc1CNc1cn(C)nc1CC. The maximum atomic E-state index is 5.57. The van der Waals surface area contributed by atoms with Gasteiger partial charge in [0.15, 0.2) is 0 Å². The summed E-state index contributed by atoms with van der Waals surface area (Å²) in [5.74, 6) is 3.28. The average Bonchev–Trinajstić information content (AvgIpc) is 2.84. The Balaban J connectivity index is 2.15. The van der Waals surface area contributed by atoms with Gasteiger partial charge >= 0.3 is 0 Å². The normalized spacial score (nSPS) is 10.2. The van der Waals surface area contributed by atoms with Crippen LogP contribution in [0.5, 0.6) is 5.75 Å². The van der Waals surface area contributed by atoms with E-state index < -0.39 is 0 Å². The van der Waals surface area contributed by atoms with Gasteiger partial charge in [-0.25, -0.2) is 0 Å². The number of nitrogens with zero attached hydrogens (tertiary/aromatic N) is 2. The van der Waals surface area contributed by atoms with Gasteiger partial charge in [-0.3, -0.25) is 4.68 Å². The zero-order chi connectivity index (χ0) is 15.2. The summed E-state index contributed by atoms with van der Waals surface area (Å²) in [6, 6.07) is 5.89. The molecule has 1 aromatic carbocycles. The minimum atomic E-state index is 0.266. The monoisotopic (exact) mass is 347 g/mol. The molecule has 0 fully saturated rings. The number of benzene rings is 1. The highest BCUT2D eigenvalue weighted by molar-refractivity contribution is 9.10. The van der Waals surface area contributed by atoms with Gasteiger partial charge in [-0.2, -0.15) is 5.10 Å². The maximum absolute atomic E-state index is 5.57. The standard InChI is InChI=1S/C16H18BrN3O/c1-4-8-21-16-7-6-13(17)9-12(16)10-18-15-11-20(3)19-14(15)5-2/h1,6-7,9,11,18H,5,8,10H2,2-3H3. The highest BCUT2D eigenvalue weighted by atomic mass is 79.9. The molecule has 0 saturated carbocycles. The fraction of sp³-hybridized carbons (Fsp3) is 0.312. The van der Waals surface area contributed by atoms with Crippen LogP contribution in [0.1, 0.15) is 18.2 Å². The third kappa shape index (κ3) is 4.02. The van der Waals surface area contributed by atoms with E-state index in [4.69, 9.17) is 11.2 Å². The molecular weight excluding hydrogens is 330 g/mol. The predicted octanol–water partition coefficient (Wildman–Crippen LogP) is 3.37. The Morgan fingerprint density at radius 1 is 1.48 bits per heavy atom. The van der Waals surface area contributed by atoms with Gasteiger partial charge in [0.1, 0.15) is 12.4 Å². The van der Waals surface area contributed by atoms with Crippen LogP contribution in [-0.2, 0) is 20.0 Å². The van der Waals surface area contributed by atoms with Gasteiger partial charge in [-0.05, 0) is 24.6 Å². The van der Waals surface area contributed by atoms with Crippen LogP contribution in [0.2, 0.25) is 0 Å². The van der Waals surface area contributed by atoms with Crippen LogP contribution in [0.4, 0.5) is 5.69 Å². The lowest BCUT2D eigenvalue weighted by Gasteiger charge is -2.12. The molecule has 4 nitrogen and oxygen atoms in total. The van der Waals surface area contributed by atoms with Crippen molar-refractivity contribution in [1.82, 2.24) is 9.78 Å². The smallest absolute Gasteiger partial charge is 0.148 e. The van der Waals surface area contributed by atoms with E-state index in [2.05, 4.69) is 39.2 Å². The van der Waals surface area contributed by atoms with Crippen LogP contribution in [0.3, 0.4) is 0 Å². The Morgan fingerprint density at radius 3 is 3.00 bits per heavy atom. The van der Waals surface area contributed by atoms with Gasteiger partial charge in [0, 0.05) is 29.8 Å². The number of hydrogen-bond donors (Lipinski definition) is 1. The molecule has 0 spiro atoms. The van der Waals surface area contributed by atoms with E-state index in [0.717, 1.165) is 33.6 Å². The summed E-state index contributed by atoms with van der Waals surface area (Å²) in [6.07, 6.45) is 8.13. The molecule has 2 rings (SSSR count). The maximum Gasteiger partial charge on any atom is 0.148 e. The lowest BCUT2D eigenvalue weighted by molar-refractivity contribution is 0.366. The third-order valence-electron chi connectivity index (χ3n) is 3.04. The van der Waals surface area contributed by atoms with Crippen LogP contribution in [0, 0.1) is 12.3 Å². The minimum absolute atomic E-state index is 0.266. The van der Waals surface area contributed by atoms with Gasteiger partial charge < -0.3 is 10.1 Å². The summed E-state index contributed by atoms with van der Waals surface area (Å²) in [5, 5.41) is 7.83. The van der Waals surface area contributed by atoms with Crippen LogP contribution in [0.25, 0.3) is 0 Å². The topological polar surface area (TPSA) is 39.1 Å². The molecule has 1 aromatic heterocycles. The van der Waals surface area contributed by atoms with Crippen LogP contribution < -0.4 is 10.1 Å². The van der Waals surface area contributed by atoms with Gasteiger partial charge in [-0.15, -0.1) is 6.42 Å². The number of aromatic nitrogens is 2. The second kappa shape index (κ2) is 7.19. The van der Waals surface area contributed by atoms with Crippen molar-refractivity contribution in [3.05, 3.63) is 40.1 Å². The van der Waals surface area contributed by atoms with E-state index in [0.29, 0.717) is 6.54 Å². The Labute approximate surface area is 133 Å². The average molecular weight is 348 g/mol. The molecule has 21 heavy (non-hydrogen) atoms. The molecule has 0 aliphatic carbocycles. The van der Waals surface area contributed by atoms with Crippen molar-refractivity contribution in [2.24, 2.45) is 7.05 Å². The quantitative estimate of drug-likeness (QED) is 0.814. The largest absolute Gasteiger partial charge is 0.481 e. The van der Waals surface area contributed by atoms with Crippen molar-refractivity contribution in [3.63, 3.8) is 0 Å². The number of anilines is 1. The first-order valence-corrected chi connectivity index (χ1v) is 7.54. The second-order valence-electron chi connectivity index (χ2n) is 4.62. The van der Waals surface area contributed by atoms with E-state index in [9.17, 15) is 0 Å². The molecule has 0 aliphatic heterocycles. The molecule has 0 atom stereocenters. The number of nitrogens with one attached hydrogen (secondary N) is 1. The molecule has 110 valence electrons. The van der Waals surface area contributed by atoms with Crippen molar-refractivity contribution >= 4 is 21.6 Å². The molecule has 0 aliphatic rings. The summed E-state index contributed by atoms with van der Waals surface area (Å²) in [4.78, 5) is 0. The summed E-state index contributed by atoms with van der Waals surface area (Å²) in [5.41, 5.74) is 3.15. The van der Waals surface area contributed by atoms with Gasteiger partial charge in [0.2, 0.25) is 0 Å². The molecule has 0 radical (unpaired) electrons. The highest BCUT2D eigenvalue weighted by Crippen LogP contribution is 2.25. The Bertz CT molecular complexity index is 658. The van der Waals surface area contributed by atoms with Gasteiger partial charge in [0.05, 0.1) is 11.4 Å². The Hall–Kier alpha value is -1.93. The van der Waals surface area contributed by atoms with Crippen molar-refractivity contribution in [3.8, 4) is 18.1 Å². The van der Waals surface area contributed by atoms with E-state index in [1.54, 1.807) is 0 Å². The zero-order valence-electron chi connectivity index (χ0n) is 12.2. The van der Waals surface area contributed by atoms with Crippen molar-refractivity contribution in [2.45, 2.75) is 19.9 Å². The van der Waals surface area contributed by atoms with Crippen LogP contribution in [0.15, 0.2) is 28.9 Å². The molecule has 5 heteroatoms. The van der Waals surface area contributed by atoms with E-state index in [1.807, 2.05) is 36.1 Å². The van der Waals surface area contributed by atoms with Crippen molar-refractivity contribution in [2.75, 3.05) is 11.9 Å². The zero-order valence-corrected chi connectivity index (χ0v) is 13.8. The predicted molar refractivity (Wildman–Crippen MR) is 88.4 cm³/mol. The molecule has 1 heterocycles. The van der Waals surface area contributed by atoms with Crippen molar-refractivity contribution < 1.29 is 4.74 Å². The van der Waals surface area contributed by atoms with E-state index >= 15 is 0 Å². The summed E-state index contributed by atoms with van der Waals surface area (Å²) >= 11 is 3.48. The van der Waals surface area contributed by atoms with E-state index in [-0.39, 0.29) is 6.61 Å². The first-order valence-electron chi connectivity index (χ1n) is 6.75. The van der Waals surface area contributed by atoms with Crippen LogP contribution >= 0.6 is 15.9 Å². The second-order valence-corrected chi connectivity index (χ2v) is 5.53. The summed E-state index contributed by atoms with van der Waals surface area (Å²) < 4.78 is 8.40. The first kappa shape index (κ1) is 15.5. The number of rotatable bonds is 6. The molecule has 0 unspecified atom stereocenters. The van der Waals surface area contributed by atoms with E-state index in [1.165, 1.54) is 0 Å².